The molecule has 2 aromatic heterocycles. The monoisotopic (exact) mass is 256 g/mol. The molecule has 0 bridgehead atoms. The van der Waals surface area contributed by atoms with Crippen molar-refractivity contribution in [3.8, 4) is 0 Å². The van der Waals surface area contributed by atoms with E-state index in [1.165, 1.54) is 12.1 Å². The molecular weight excluding hydrogens is 246 g/mol. The molecule has 0 fully saturated rings. The van der Waals surface area contributed by atoms with E-state index in [4.69, 9.17) is 0 Å². The smallest absolute Gasteiger partial charge is 0.301 e. The number of fused-ring (bicyclic) bond motifs is 1. The van der Waals surface area contributed by atoms with E-state index in [0.29, 0.717) is 11.5 Å². The van der Waals surface area contributed by atoms with E-state index < -0.39 is 4.92 Å². The molecule has 0 radical (unpaired) electrons. The standard InChI is InChI=1S/C12H9N5O2/c18-17(19)9-3-1-2-8(6-9)15-11-5-4-10-12(16-11)14-7-13-10/h1-7H,(H2,13,14,15,16)/p+1. The predicted molar refractivity (Wildman–Crippen MR) is 69.0 cm³/mol. The Labute approximate surface area is 107 Å². The molecule has 7 heteroatoms. The van der Waals surface area contributed by atoms with Crippen LogP contribution in [0.4, 0.5) is 17.2 Å². The van der Waals surface area contributed by atoms with Gasteiger partial charge >= 0.3 is 5.65 Å². The lowest BCUT2D eigenvalue weighted by atomic mass is 10.3. The molecule has 94 valence electrons. The summed E-state index contributed by atoms with van der Waals surface area (Å²) in [6.07, 6.45) is 1.69. The van der Waals surface area contributed by atoms with Crippen molar-refractivity contribution in [1.82, 2.24) is 9.97 Å². The summed E-state index contributed by atoms with van der Waals surface area (Å²) in [7, 11) is 0. The van der Waals surface area contributed by atoms with Crippen LogP contribution in [0.2, 0.25) is 0 Å². The van der Waals surface area contributed by atoms with Crippen molar-refractivity contribution >= 4 is 28.4 Å². The van der Waals surface area contributed by atoms with Gasteiger partial charge in [-0.2, -0.15) is 0 Å². The zero-order chi connectivity index (χ0) is 13.2. The highest BCUT2D eigenvalue weighted by Gasteiger charge is 2.09. The Morgan fingerprint density at radius 1 is 1.32 bits per heavy atom. The fourth-order valence-corrected chi connectivity index (χ4v) is 1.78. The number of anilines is 2. The van der Waals surface area contributed by atoms with Crippen molar-refractivity contribution in [2.75, 3.05) is 5.32 Å². The van der Waals surface area contributed by atoms with Crippen LogP contribution in [0.15, 0.2) is 42.7 Å². The molecule has 0 saturated heterocycles. The number of rotatable bonds is 3. The number of H-pyrrole nitrogens is 2. The first kappa shape index (κ1) is 11.1. The second-order valence-corrected chi connectivity index (χ2v) is 3.96. The number of hydrogen-bond donors (Lipinski definition) is 2. The predicted octanol–water partition coefficient (Wildman–Crippen LogP) is 2.03. The summed E-state index contributed by atoms with van der Waals surface area (Å²) < 4.78 is 0. The molecule has 0 atom stereocenters. The summed E-state index contributed by atoms with van der Waals surface area (Å²) in [5.41, 5.74) is 2.27. The average molecular weight is 256 g/mol. The van der Waals surface area contributed by atoms with Gasteiger partial charge in [0.15, 0.2) is 11.8 Å². The number of nitro groups is 1. The molecule has 0 unspecified atom stereocenters. The van der Waals surface area contributed by atoms with Crippen molar-refractivity contribution in [2.45, 2.75) is 0 Å². The average Bonchev–Trinajstić information content (AvgIpc) is 2.86. The largest absolute Gasteiger partial charge is 0.326 e. The molecule has 3 rings (SSSR count). The minimum absolute atomic E-state index is 0.0410. The summed E-state index contributed by atoms with van der Waals surface area (Å²) in [4.78, 5) is 20.6. The topological polar surface area (TPSA) is 98.0 Å². The second kappa shape index (κ2) is 4.37. The zero-order valence-electron chi connectivity index (χ0n) is 9.75. The summed E-state index contributed by atoms with van der Waals surface area (Å²) in [6, 6.07) is 9.96. The first-order valence-corrected chi connectivity index (χ1v) is 5.60. The van der Waals surface area contributed by atoms with Crippen LogP contribution in [-0.2, 0) is 0 Å². The molecule has 0 saturated carbocycles. The quantitative estimate of drug-likeness (QED) is 0.553. The van der Waals surface area contributed by atoms with E-state index in [0.717, 1.165) is 11.2 Å². The van der Waals surface area contributed by atoms with E-state index in [9.17, 15) is 10.1 Å². The molecule has 0 amide bonds. The number of nitro benzene ring substituents is 1. The SMILES string of the molecule is O=[N+]([O-])c1cccc(Nc2ccc3[nH]c[nH+]c3n2)c1. The van der Waals surface area contributed by atoms with Crippen molar-refractivity contribution < 1.29 is 9.91 Å². The van der Waals surface area contributed by atoms with Crippen molar-refractivity contribution in [3.63, 3.8) is 0 Å². The number of aromatic nitrogens is 3. The number of pyridine rings is 1. The summed E-state index contributed by atoms with van der Waals surface area (Å²) in [5, 5.41) is 13.7. The fourth-order valence-electron chi connectivity index (χ4n) is 1.78. The van der Waals surface area contributed by atoms with E-state index in [-0.39, 0.29) is 5.69 Å². The molecule has 7 nitrogen and oxygen atoms in total. The first-order valence-electron chi connectivity index (χ1n) is 5.60. The van der Waals surface area contributed by atoms with Crippen LogP contribution in [0.1, 0.15) is 0 Å². The van der Waals surface area contributed by atoms with E-state index in [1.54, 1.807) is 24.5 Å². The zero-order valence-corrected chi connectivity index (χ0v) is 9.75. The molecule has 2 heterocycles. The molecular formula is C12H10N5O2+. The second-order valence-electron chi connectivity index (χ2n) is 3.96. The van der Waals surface area contributed by atoms with Gasteiger partial charge in [0.25, 0.3) is 5.69 Å². The van der Waals surface area contributed by atoms with Gasteiger partial charge in [-0.3, -0.25) is 15.1 Å². The maximum absolute atomic E-state index is 10.7. The summed E-state index contributed by atoms with van der Waals surface area (Å²) in [6.45, 7) is 0. The Kier molecular flexibility index (Phi) is 2.57. The summed E-state index contributed by atoms with van der Waals surface area (Å²) in [5.74, 6) is 0.615. The van der Waals surface area contributed by atoms with Crippen LogP contribution in [-0.4, -0.2) is 14.9 Å². The molecule has 1 aromatic carbocycles. The molecule has 0 aliphatic carbocycles. The molecule has 19 heavy (non-hydrogen) atoms. The lowest BCUT2D eigenvalue weighted by Gasteiger charge is -2.02. The van der Waals surface area contributed by atoms with Gasteiger partial charge in [-0.15, -0.1) is 0 Å². The van der Waals surface area contributed by atoms with Gasteiger partial charge in [-0.25, -0.2) is 4.98 Å². The Hall–Kier alpha value is -2.96. The van der Waals surface area contributed by atoms with Gasteiger partial charge in [0.2, 0.25) is 5.82 Å². The highest BCUT2D eigenvalue weighted by atomic mass is 16.6. The molecule has 3 aromatic rings. The van der Waals surface area contributed by atoms with Gasteiger partial charge in [0.1, 0.15) is 0 Å². The Bertz CT molecular complexity index is 752. The van der Waals surface area contributed by atoms with Crippen LogP contribution in [0, 0.1) is 10.1 Å². The Morgan fingerprint density at radius 2 is 2.21 bits per heavy atom. The van der Waals surface area contributed by atoms with Gasteiger partial charge in [0, 0.05) is 23.9 Å². The number of non-ortho nitro benzene ring substituents is 1. The van der Waals surface area contributed by atoms with E-state index in [1.807, 2.05) is 6.07 Å². The van der Waals surface area contributed by atoms with Crippen molar-refractivity contribution in [1.29, 1.82) is 0 Å². The van der Waals surface area contributed by atoms with Crippen LogP contribution < -0.4 is 10.3 Å². The number of aromatic amines is 2. The van der Waals surface area contributed by atoms with Gasteiger partial charge in [-0.05, 0) is 12.1 Å². The Morgan fingerprint density at radius 3 is 3.05 bits per heavy atom. The van der Waals surface area contributed by atoms with Gasteiger partial charge in [-0.1, -0.05) is 11.1 Å². The Balaban J connectivity index is 1.91. The van der Waals surface area contributed by atoms with E-state index >= 15 is 0 Å². The van der Waals surface area contributed by atoms with Gasteiger partial charge in [0.05, 0.1) is 4.92 Å². The minimum atomic E-state index is -0.429. The third-order valence-corrected chi connectivity index (χ3v) is 2.66. The van der Waals surface area contributed by atoms with Crippen LogP contribution >= 0.6 is 0 Å². The van der Waals surface area contributed by atoms with E-state index in [2.05, 4.69) is 20.3 Å². The number of benzene rings is 1. The molecule has 0 aliphatic rings. The van der Waals surface area contributed by atoms with Crippen LogP contribution in [0.25, 0.3) is 11.2 Å². The minimum Gasteiger partial charge on any atom is -0.326 e. The fraction of sp³-hybridized carbons (Fsp3) is 0. The van der Waals surface area contributed by atoms with Crippen molar-refractivity contribution in [3.05, 3.63) is 52.8 Å². The molecule has 0 spiro atoms. The lowest BCUT2D eigenvalue weighted by Crippen LogP contribution is -2.00. The normalized spacial score (nSPS) is 10.5. The molecule has 0 aliphatic heterocycles. The van der Waals surface area contributed by atoms with Crippen LogP contribution in [0.5, 0.6) is 0 Å². The number of nitrogens with one attached hydrogen (secondary N) is 3. The van der Waals surface area contributed by atoms with Gasteiger partial charge < -0.3 is 5.32 Å². The van der Waals surface area contributed by atoms with Crippen LogP contribution in [0.3, 0.4) is 0 Å². The first-order chi connectivity index (χ1) is 9.22. The number of imidazole rings is 1. The number of hydrogen-bond acceptors (Lipinski definition) is 4. The highest BCUT2D eigenvalue weighted by Crippen LogP contribution is 2.20. The maximum Gasteiger partial charge on any atom is 0.301 e. The molecule has 3 N–H and O–H groups in total. The highest BCUT2D eigenvalue weighted by molar-refractivity contribution is 5.70. The van der Waals surface area contributed by atoms with Crippen molar-refractivity contribution in [2.24, 2.45) is 0 Å². The number of nitrogens with zero attached hydrogens (tertiary/aromatic N) is 2. The maximum atomic E-state index is 10.7. The lowest BCUT2D eigenvalue weighted by molar-refractivity contribution is -0.384. The summed E-state index contributed by atoms with van der Waals surface area (Å²) >= 11 is 0. The third kappa shape index (κ3) is 2.21. The third-order valence-electron chi connectivity index (χ3n) is 2.66.